The molecule has 3 atom stereocenters. The second-order valence-corrected chi connectivity index (χ2v) is 10.6. The zero-order valence-electron chi connectivity index (χ0n) is 22.9. The Morgan fingerprint density at radius 1 is 0.972 bits per heavy atom. The molecule has 202 valence electrons. The summed E-state index contributed by atoms with van der Waals surface area (Å²) in [7, 11) is 1.65. The Morgan fingerprint density at radius 3 is 2.25 bits per heavy atom. The summed E-state index contributed by atoms with van der Waals surface area (Å²) in [6.07, 6.45) is 18.0. The van der Waals surface area contributed by atoms with Gasteiger partial charge in [-0.05, 0) is 44.4 Å². The van der Waals surface area contributed by atoms with Crippen LogP contribution in [-0.2, 0) is 20.8 Å². The van der Waals surface area contributed by atoms with Crippen LogP contribution >= 0.6 is 0 Å². The lowest BCUT2D eigenvalue weighted by molar-refractivity contribution is -0.147. The smallest absolute Gasteiger partial charge is 0.410 e. The highest BCUT2D eigenvalue weighted by molar-refractivity contribution is 5.70. The third-order valence-corrected chi connectivity index (χ3v) is 7.12. The van der Waals surface area contributed by atoms with Crippen LogP contribution in [0.2, 0.25) is 0 Å². The average Bonchev–Trinajstić information content (AvgIpc) is 3.38. The second kappa shape index (κ2) is 14.6. The molecule has 2 aliphatic heterocycles. The Labute approximate surface area is 218 Å². The van der Waals surface area contributed by atoms with Crippen molar-refractivity contribution >= 4 is 6.09 Å². The highest BCUT2D eigenvalue weighted by atomic mass is 16.8. The summed E-state index contributed by atoms with van der Waals surface area (Å²) in [5, 5.41) is 0. The number of unbranched alkanes of at least 4 members (excludes halogenated alkanes) is 10. The van der Waals surface area contributed by atoms with Crippen LogP contribution in [0.4, 0.5) is 4.79 Å². The van der Waals surface area contributed by atoms with Gasteiger partial charge in [0.25, 0.3) is 0 Å². The first-order chi connectivity index (χ1) is 17.4. The van der Waals surface area contributed by atoms with E-state index in [2.05, 4.69) is 19.1 Å². The zero-order valence-corrected chi connectivity index (χ0v) is 22.9. The molecular formula is C30H47NO5. The summed E-state index contributed by atoms with van der Waals surface area (Å²) in [5.74, 6) is 0.0926. The van der Waals surface area contributed by atoms with Gasteiger partial charge in [-0.3, -0.25) is 4.90 Å². The minimum Gasteiger partial charge on any atom is -0.497 e. The van der Waals surface area contributed by atoms with Gasteiger partial charge in [-0.2, -0.15) is 0 Å². The predicted molar refractivity (Wildman–Crippen MR) is 143 cm³/mol. The number of carbonyl (C=O) groups excluding carboxylic acids is 1. The van der Waals surface area contributed by atoms with Crippen LogP contribution in [0.25, 0.3) is 0 Å². The van der Waals surface area contributed by atoms with E-state index in [1.54, 1.807) is 12.0 Å². The van der Waals surface area contributed by atoms with Gasteiger partial charge in [-0.25, -0.2) is 4.79 Å². The predicted octanol–water partition coefficient (Wildman–Crippen LogP) is 7.40. The number of amides is 1. The molecule has 0 bridgehead atoms. The first-order valence-electron chi connectivity index (χ1n) is 14.0. The molecule has 1 aromatic carbocycles. The summed E-state index contributed by atoms with van der Waals surface area (Å²) in [6.45, 7) is 6.90. The van der Waals surface area contributed by atoms with E-state index in [0.29, 0.717) is 13.2 Å². The molecule has 0 unspecified atom stereocenters. The molecule has 2 fully saturated rings. The molecule has 0 N–H and O–H groups in total. The third kappa shape index (κ3) is 8.81. The third-order valence-electron chi connectivity index (χ3n) is 7.12. The molecule has 0 radical (unpaired) electrons. The van der Waals surface area contributed by atoms with Crippen LogP contribution < -0.4 is 4.74 Å². The van der Waals surface area contributed by atoms with Crippen LogP contribution in [-0.4, -0.2) is 48.7 Å². The largest absolute Gasteiger partial charge is 0.497 e. The number of ether oxygens (including phenoxy) is 4. The zero-order chi connectivity index (χ0) is 25.8. The number of cyclic esters (lactones) is 1. The Kier molecular flexibility index (Phi) is 11.6. The fourth-order valence-corrected chi connectivity index (χ4v) is 5.09. The van der Waals surface area contributed by atoms with Gasteiger partial charge in [0.1, 0.15) is 24.6 Å². The fraction of sp³-hybridized carbons (Fsp3) is 0.700. The topological polar surface area (TPSA) is 57.2 Å². The quantitative estimate of drug-likeness (QED) is 0.174. The maximum Gasteiger partial charge on any atom is 0.410 e. The molecule has 0 aliphatic carbocycles. The standard InChI is InChI=1S/C30H47NO5/c1-5-6-7-8-9-10-11-12-13-14-15-16-17-27-28(36-30(2,3)35-27)26-23-34-29(32)31(26)22-24-18-20-25(33-4)21-19-24/h16-21,26-28H,5-15,22-23H2,1-4H3/t26-,27+,28-/m1/s1. The number of carbonyl (C=O) groups is 1. The van der Waals surface area contributed by atoms with Crippen molar-refractivity contribution in [1.29, 1.82) is 0 Å². The lowest BCUT2D eigenvalue weighted by Crippen LogP contribution is -2.46. The van der Waals surface area contributed by atoms with Crippen LogP contribution in [0.5, 0.6) is 5.75 Å². The van der Waals surface area contributed by atoms with Gasteiger partial charge in [0.2, 0.25) is 0 Å². The van der Waals surface area contributed by atoms with Gasteiger partial charge in [-0.15, -0.1) is 0 Å². The van der Waals surface area contributed by atoms with E-state index >= 15 is 0 Å². The van der Waals surface area contributed by atoms with Gasteiger partial charge in [0.05, 0.1) is 13.2 Å². The lowest BCUT2D eigenvalue weighted by atomic mass is 10.0. The molecule has 0 aromatic heterocycles. The van der Waals surface area contributed by atoms with Gasteiger partial charge >= 0.3 is 6.09 Å². The number of hydrogen-bond donors (Lipinski definition) is 0. The number of allylic oxidation sites excluding steroid dienone is 1. The van der Waals surface area contributed by atoms with Crippen molar-refractivity contribution in [2.75, 3.05) is 13.7 Å². The molecule has 2 saturated heterocycles. The Morgan fingerprint density at radius 2 is 1.61 bits per heavy atom. The first-order valence-corrected chi connectivity index (χ1v) is 14.0. The van der Waals surface area contributed by atoms with E-state index in [1.807, 2.05) is 38.1 Å². The van der Waals surface area contributed by atoms with E-state index < -0.39 is 5.79 Å². The minimum absolute atomic E-state index is 0.201. The molecule has 0 spiro atoms. The summed E-state index contributed by atoms with van der Waals surface area (Å²) in [5.41, 5.74) is 1.02. The van der Waals surface area contributed by atoms with Crippen molar-refractivity contribution in [1.82, 2.24) is 4.90 Å². The van der Waals surface area contributed by atoms with Crippen LogP contribution in [0.1, 0.15) is 97.0 Å². The first kappa shape index (κ1) is 28.5. The van der Waals surface area contributed by atoms with Crippen LogP contribution in [0.15, 0.2) is 36.4 Å². The maximum absolute atomic E-state index is 12.6. The molecule has 1 aromatic rings. The highest BCUT2D eigenvalue weighted by Gasteiger charge is 2.49. The molecule has 6 nitrogen and oxygen atoms in total. The van der Waals surface area contributed by atoms with E-state index in [0.717, 1.165) is 17.7 Å². The lowest BCUT2D eigenvalue weighted by Gasteiger charge is -2.28. The summed E-state index contributed by atoms with van der Waals surface area (Å²) >= 11 is 0. The number of benzene rings is 1. The summed E-state index contributed by atoms with van der Waals surface area (Å²) < 4.78 is 23.2. The van der Waals surface area contributed by atoms with Crippen molar-refractivity contribution in [2.45, 2.75) is 122 Å². The molecule has 2 heterocycles. The van der Waals surface area contributed by atoms with Crippen molar-refractivity contribution in [3.63, 3.8) is 0 Å². The van der Waals surface area contributed by atoms with E-state index in [1.165, 1.54) is 64.2 Å². The minimum atomic E-state index is -0.700. The Balaban J connectivity index is 1.46. The summed E-state index contributed by atoms with van der Waals surface area (Å²) in [6, 6.07) is 7.56. The second-order valence-electron chi connectivity index (χ2n) is 10.6. The number of methoxy groups -OCH3 is 1. The SMILES string of the molecule is CCCCCCCCCCCCC=C[C@@H]1OC(C)(C)O[C@@H]1[C@H]1COC(=O)N1Cc1ccc(OC)cc1. The van der Waals surface area contributed by atoms with E-state index in [4.69, 9.17) is 18.9 Å². The van der Waals surface area contributed by atoms with E-state index in [-0.39, 0.29) is 24.3 Å². The van der Waals surface area contributed by atoms with Crippen molar-refractivity contribution in [2.24, 2.45) is 0 Å². The molecule has 2 aliphatic rings. The average molecular weight is 502 g/mol. The van der Waals surface area contributed by atoms with Crippen molar-refractivity contribution in [3.8, 4) is 5.75 Å². The molecule has 1 amide bonds. The number of nitrogens with zero attached hydrogens (tertiary/aromatic N) is 1. The van der Waals surface area contributed by atoms with Crippen molar-refractivity contribution in [3.05, 3.63) is 42.0 Å². The van der Waals surface area contributed by atoms with Gasteiger partial charge in [-0.1, -0.05) is 89.0 Å². The highest BCUT2D eigenvalue weighted by Crippen LogP contribution is 2.35. The monoisotopic (exact) mass is 501 g/mol. The molecule has 3 rings (SSSR count). The van der Waals surface area contributed by atoms with Gasteiger partial charge in [0.15, 0.2) is 5.79 Å². The maximum atomic E-state index is 12.6. The van der Waals surface area contributed by atoms with Gasteiger partial charge < -0.3 is 18.9 Å². The molecule has 0 saturated carbocycles. The van der Waals surface area contributed by atoms with E-state index in [9.17, 15) is 4.79 Å². The Hall–Kier alpha value is -2.05. The normalized spacial score (nSPS) is 23.5. The van der Waals surface area contributed by atoms with Crippen LogP contribution in [0.3, 0.4) is 0 Å². The Bertz CT molecular complexity index is 806. The number of hydrogen-bond acceptors (Lipinski definition) is 5. The fourth-order valence-electron chi connectivity index (χ4n) is 5.09. The van der Waals surface area contributed by atoms with Crippen molar-refractivity contribution < 1.29 is 23.7 Å². The van der Waals surface area contributed by atoms with Crippen LogP contribution in [0, 0.1) is 0 Å². The van der Waals surface area contributed by atoms with Gasteiger partial charge in [0, 0.05) is 6.54 Å². The summed E-state index contributed by atoms with van der Waals surface area (Å²) in [4.78, 5) is 14.3. The molecule has 36 heavy (non-hydrogen) atoms. The molecular weight excluding hydrogens is 454 g/mol. The number of rotatable bonds is 16. The molecule has 6 heteroatoms.